The first kappa shape index (κ1) is 11.7. The highest BCUT2D eigenvalue weighted by molar-refractivity contribution is 5.91. The molecule has 2 heterocycles. The molecule has 3 N–H and O–H groups in total. The van der Waals surface area contributed by atoms with Gasteiger partial charge in [-0.2, -0.15) is 5.10 Å². The summed E-state index contributed by atoms with van der Waals surface area (Å²) in [5.74, 6) is -0.670. The van der Waals surface area contributed by atoms with Crippen LogP contribution in [0, 0.1) is 0 Å². The van der Waals surface area contributed by atoms with Crippen molar-refractivity contribution in [2.24, 2.45) is 0 Å². The first-order chi connectivity index (χ1) is 8.66. The Hall–Kier alpha value is -2.77. The van der Waals surface area contributed by atoms with Crippen molar-refractivity contribution in [2.75, 3.05) is 0 Å². The summed E-state index contributed by atoms with van der Waals surface area (Å²) in [5, 5.41) is 7.86. The van der Waals surface area contributed by atoms with Gasteiger partial charge in [-0.1, -0.05) is 6.07 Å². The van der Waals surface area contributed by atoms with E-state index in [1.807, 2.05) is 10.1 Å². The Balaban J connectivity index is 2.09. The minimum absolute atomic E-state index is 0.215. The van der Waals surface area contributed by atoms with Gasteiger partial charge >= 0.3 is 5.69 Å². The number of carbonyl (C=O) groups is 1. The zero-order chi connectivity index (χ0) is 13.0. The van der Waals surface area contributed by atoms with E-state index in [9.17, 15) is 14.4 Å². The largest absolute Gasteiger partial charge is 0.346 e. The van der Waals surface area contributed by atoms with E-state index in [0.717, 1.165) is 5.56 Å². The average Bonchev–Trinajstić information content (AvgIpc) is 2.37. The summed E-state index contributed by atoms with van der Waals surface area (Å²) in [6.07, 6.45) is 3.20. The van der Waals surface area contributed by atoms with E-state index in [4.69, 9.17) is 0 Å². The number of nitrogens with one attached hydrogen (secondary N) is 3. The van der Waals surface area contributed by atoms with Crippen LogP contribution in [0.2, 0.25) is 0 Å². The molecule has 0 atom stereocenters. The summed E-state index contributed by atoms with van der Waals surface area (Å²) in [7, 11) is 0. The third-order valence-electron chi connectivity index (χ3n) is 2.10. The minimum Gasteiger partial charge on any atom is -0.346 e. The van der Waals surface area contributed by atoms with Gasteiger partial charge < -0.3 is 5.32 Å². The molecule has 0 fully saturated rings. The number of aromatic amines is 2. The van der Waals surface area contributed by atoms with Crippen LogP contribution < -0.4 is 16.6 Å². The molecule has 0 bridgehead atoms. The Labute approximate surface area is 100 Å². The summed E-state index contributed by atoms with van der Waals surface area (Å²) in [6, 6.07) is 3.50. The summed E-state index contributed by atoms with van der Waals surface area (Å²) >= 11 is 0. The molecule has 18 heavy (non-hydrogen) atoms. The number of nitrogens with zero attached hydrogens (tertiary/aromatic N) is 2. The van der Waals surface area contributed by atoms with Gasteiger partial charge in [-0.3, -0.25) is 19.6 Å². The van der Waals surface area contributed by atoms with Crippen molar-refractivity contribution in [3.05, 3.63) is 56.6 Å². The molecule has 2 rings (SSSR count). The van der Waals surface area contributed by atoms with Crippen LogP contribution in [0.5, 0.6) is 0 Å². The number of carbonyl (C=O) groups excluding carboxylic acids is 1. The molecule has 8 nitrogen and oxygen atoms in total. The molecule has 2 aromatic rings. The van der Waals surface area contributed by atoms with Gasteiger partial charge in [0.05, 0.1) is 0 Å². The van der Waals surface area contributed by atoms with E-state index < -0.39 is 22.9 Å². The molecule has 0 aliphatic heterocycles. The molecule has 0 saturated carbocycles. The van der Waals surface area contributed by atoms with Gasteiger partial charge in [0.15, 0.2) is 0 Å². The first-order valence-electron chi connectivity index (χ1n) is 5.03. The average molecular weight is 247 g/mol. The second-order valence-electron chi connectivity index (χ2n) is 3.40. The second-order valence-corrected chi connectivity index (χ2v) is 3.40. The van der Waals surface area contributed by atoms with Gasteiger partial charge in [0.25, 0.3) is 11.5 Å². The van der Waals surface area contributed by atoms with E-state index in [2.05, 4.69) is 15.4 Å². The van der Waals surface area contributed by atoms with Crippen LogP contribution in [0.4, 0.5) is 0 Å². The lowest BCUT2D eigenvalue weighted by molar-refractivity contribution is 0.0943. The standard InChI is InChI=1S/C10H9N5O3/c16-8(7-9(17)13-10(18)15-14-7)12-5-6-2-1-3-11-4-6/h1-4H,5H2,(H,12,16)(H2,13,15,17,18). The molecule has 0 aliphatic rings. The van der Waals surface area contributed by atoms with Gasteiger partial charge in [-0.15, -0.1) is 0 Å². The highest BCUT2D eigenvalue weighted by Gasteiger charge is 2.12. The molecular formula is C10H9N5O3. The predicted octanol–water partition coefficient (Wildman–Crippen LogP) is -1.22. The van der Waals surface area contributed by atoms with Gasteiger partial charge in [0, 0.05) is 18.9 Å². The fourth-order valence-corrected chi connectivity index (χ4v) is 1.27. The number of amides is 1. The minimum atomic E-state index is -0.831. The number of hydrogen-bond donors (Lipinski definition) is 3. The lowest BCUT2D eigenvalue weighted by atomic mass is 10.3. The van der Waals surface area contributed by atoms with Crippen LogP contribution in [-0.2, 0) is 6.54 Å². The number of rotatable bonds is 3. The Morgan fingerprint density at radius 3 is 2.89 bits per heavy atom. The fraction of sp³-hybridized carbons (Fsp3) is 0.100. The topological polar surface area (TPSA) is 121 Å². The number of aromatic nitrogens is 4. The number of pyridine rings is 1. The fourth-order valence-electron chi connectivity index (χ4n) is 1.27. The maximum absolute atomic E-state index is 11.6. The van der Waals surface area contributed by atoms with Crippen molar-refractivity contribution in [1.29, 1.82) is 0 Å². The second kappa shape index (κ2) is 5.04. The third kappa shape index (κ3) is 2.67. The number of hydrogen-bond acceptors (Lipinski definition) is 5. The molecule has 0 radical (unpaired) electrons. The van der Waals surface area contributed by atoms with Crippen LogP contribution in [0.3, 0.4) is 0 Å². The van der Waals surface area contributed by atoms with Crippen LogP contribution in [0.15, 0.2) is 34.1 Å². The molecular weight excluding hydrogens is 238 g/mol. The van der Waals surface area contributed by atoms with Crippen LogP contribution in [0.25, 0.3) is 0 Å². The molecule has 92 valence electrons. The van der Waals surface area contributed by atoms with Crippen molar-refractivity contribution >= 4 is 5.91 Å². The SMILES string of the molecule is O=C(NCc1cccnc1)c1n[nH]c(=O)[nH]c1=O. The maximum atomic E-state index is 11.6. The Morgan fingerprint density at radius 1 is 1.39 bits per heavy atom. The summed E-state index contributed by atoms with van der Waals surface area (Å²) in [5.41, 5.74) is -1.20. The van der Waals surface area contributed by atoms with Gasteiger partial charge in [-0.25, -0.2) is 9.89 Å². The van der Waals surface area contributed by atoms with Crippen LogP contribution in [0.1, 0.15) is 16.1 Å². The predicted molar refractivity (Wildman–Crippen MR) is 60.9 cm³/mol. The summed E-state index contributed by atoms with van der Waals surface area (Å²) in [6.45, 7) is 0.215. The van der Waals surface area contributed by atoms with Crippen LogP contribution >= 0.6 is 0 Å². The van der Waals surface area contributed by atoms with Crippen LogP contribution in [-0.4, -0.2) is 26.1 Å². The van der Waals surface area contributed by atoms with E-state index in [1.165, 1.54) is 0 Å². The van der Waals surface area contributed by atoms with Gasteiger partial charge in [0.2, 0.25) is 5.69 Å². The van der Waals surface area contributed by atoms with Crippen molar-refractivity contribution in [3.63, 3.8) is 0 Å². The monoisotopic (exact) mass is 247 g/mol. The Kier molecular flexibility index (Phi) is 3.28. The molecule has 2 aromatic heterocycles. The normalized spacial score (nSPS) is 10.0. The lowest BCUT2D eigenvalue weighted by Gasteiger charge is -2.02. The third-order valence-corrected chi connectivity index (χ3v) is 2.10. The van der Waals surface area contributed by atoms with E-state index in [-0.39, 0.29) is 6.54 Å². The summed E-state index contributed by atoms with van der Waals surface area (Å²) in [4.78, 5) is 39.4. The van der Waals surface area contributed by atoms with Gasteiger partial charge in [0.1, 0.15) is 0 Å². The van der Waals surface area contributed by atoms with E-state index in [1.54, 1.807) is 24.5 Å². The molecule has 0 unspecified atom stereocenters. The first-order valence-corrected chi connectivity index (χ1v) is 5.03. The van der Waals surface area contributed by atoms with Crippen molar-refractivity contribution < 1.29 is 4.79 Å². The van der Waals surface area contributed by atoms with E-state index in [0.29, 0.717) is 0 Å². The van der Waals surface area contributed by atoms with E-state index >= 15 is 0 Å². The summed E-state index contributed by atoms with van der Waals surface area (Å²) < 4.78 is 0. The highest BCUT2D eigenvalue weighted by Crippen LogP contribution is 1.94. The smallest absolute Gasteiger partial charge is 0.342 e. The quantitative estimate of drug-likeness (QED) is 0.628. The van der Waals surface area contributed by atoms with Gasteiger partial charge in [-0.05, 0) is 11.6 Å². The lowest BCUT2D eigenvalue weighted by Crippen LogP contribution is -2.35. The molecule has 0 aliphatic carbocycles. The highest BCUT2D eigenvalue weighted by atomic mass is 16.2. The van der Waals surface area contributed by atoms with Crippen molar-refractivity contribution in [1.82, 2.24) is 25.5 Å². The zero-order valence-corrected chi connectivity index (χ0v) is 9.14. The molecule has 1 amide bonds. The van der Waals surface area contributed by atoms with Crippen molar-refractivity contribution in [2.45, 2.75) is 6.54 Å². The Bertz CT molecular complexity index is 661. The molecule has 0 aromatic carbocycles. The van der Waals surface area contributed by atoms with Crippen molar-refractivity contribution in [3.8, 4) is 0 Å². The Morgan fingerprint density at radius 2 is 2.22 bits per heavy atom. The molecule has 0 saturated heterocycles. The maximum Gasteiger partial charge on any atom is 0.342 e. The molecule has 0 spiro atoms. The molecule has 8 heteroatoms. The zero-order valence-electron chi connectivity index (χ0n) is 9.14. The number of H-pyrrole nitrogens is 2.